The van der Waals surface area contributed by atoms with Gasteiger partial charge in [-0.25, -0.2) is 0 Å². The Hall–Kier alpha value is -5.08. The molecule has 0 saturated heterocycles. The Bertz CT molecular complexity index is 2240. The highest BCUT2D eigenvalue weighted by Gasteiger charge is 2.45. The summed E-state index contributed by atoms with van der Waals surface area (Å²) in [7, 11) is 0. The fraction of sp³-hybridized carbons (Fsp3) is 0.234. The highest BCUT2D eigenvalue weighted by molar-refractivity contribution is 5.89. The third-order valence-corrected chi connectivity index (χ3v) is 12.2. The van der Waals surface area contributed by atoms with Crippen LogP contribution >= 0.6 is 0 Å². The van der Waals surface area contributed by atoms with Crippen LogP contribution in [0.5, 0.6) is 5.75 Å². The zero-order chi connectivity index (χ0) is 32.7. The van der Waals surface area contributed by atoms with E-state index in [2.05, 4.69) is 164 Å². The van der Waals surface area contributed by atoms with E-state index in [4.69, 9.17) is 4.74 Å². The summed E-state index contributed by atoms with van der Waals surface area (Å²) in [6.45, 7) is 4.87. The van der Waals surface area contributed by atoms with Crippen molar-refractivity contribution >= 4 is 16.3 Å². The van der Waals surface area contributed by atoms with Crippen molar-refractivity contribution in [2.45, 2.75) is 50.5 Å². The zero-order valence-corrected chi connectivity index (χ0v) is 28.2. The number of ether oxygens (including phenoxy) is 1. The van der Waals surface area contributed by atoms with E-state index in [1.165, 1.54) is 61.3 Å². The molecule has 5 atom stereocenters. The number of nitrogens with zero attached hydrogens (tertiary/aromatic N) is 1. The first-order valence-electron chi connectivity index (χ1n) is 18.1. The number of hydrogen-bond donors (Lipinski definition) is 0. The molecule has 49 heavy (non-hydrogen) atoms. The summed E-state index contributed by atoms with van der Waals surface area (Å²) in [4.78, 5) is 2.59. The van der Waals surface area contributed by atoms with Gasteiger partial charge >= 0.3 is 0 Å². The summed E-state index contributed by atoms with van der Waals surface area (Å²) in [5.41, 5.74) is 12.5. The normalized spacial score (nSPS) is 28.1. The molecule has 3 aromatic carbocycles. The Morgan fingerprint density at radius 3 is 2.55 bits per heavy atom. The lowest BCUT2D eigenvalue weighted by Crippen LogP contribution is -2.30. The number of fused-ring (bicyclic) bond motifs is 9. The van der Waals surface area contributed by atoms with E-state index in [1.807, 2.05) is 0 Å². The van der Waals surface area contributed by atoms with Crippen molar-refractivity contribution < 1.29 is 4.74 Å². The third-order valence-electron chi connectivity index (χ3n) is 12.2. The maximum Gasteiger partial charge on any atom is 0.130 e. The first kappa shape index (κ1) is 28.9. The van der Waals surface area contributed by atoms with Crippen LogP contribution in [-0.2, 0) is 5.41 Å². The highest BCUT2D eigenvalue weighted by Crippen LogP contribution is 2.56. The second-order valence-electron chi connectivity index (χ2n) is 15.1. The Morgan fingerprint density at radius 2 is 1.63 bits per heavy atom. The lowest BCUT2D eigenvalue weighted by molar-refractivity contribution is 0.264. The van der Waals surface area contributed by atoms with Crippen LogP contribution in [0.4, 0.5) is 0 Å². The molecule has 0 bridgehead atoms. The largest absolute Gasteiger partial charge is 0.485 e. The average Bonchev–Trinajstić information content (AvgIpc) is 3.64. The van der Waals surface area contributed by atoms with Gasteiger partial charge in [-0.2, -0.15) is 0 Å². The van der Waals surface area contributed by atoms with E-state index >= 15 is 0 Å². The number of benzene rings is 3. The molecule has 3 aromatic rings. The topological polar surface area (TPSA) is 12.5 Å². The fourth-order valence-electron chi connectivity index (χ4n) is 9.72. The van der Waals surface area contributed by atoms with Crippen LogP contribution in [0.1, 0.15) is 55.7 Å². The van der Waals surface area contributed by atoms with Crippen LogP contribution in [0, 0.1) is 17.8 Å². The molecule has 0 spiro atoms. The molecule has 0 N–H and O–H groups in total. The zero-order valence-electron chi connectivity index (χ0n) is 28.2. The van der Waals surface area contributed by atoms with Gasteiger partial charge in [-0.05, 0) is 99.6 Å². The predicted octanol–water partition coefficient (Wildman–Crippen LogP) is 11.2. The minimum Gasteiger partial charge on any atom is -0.485 e. The monoisotopic (exact) mass is 635 g/mol. The van der Waals surface area contributed by atoms with Crippen molar-refractivity contribution in [3.63, 3.8) is 0 Å². The van der Waals surface area contributed by atoms with Crippen molar-refractivity contribution in [3.05, 3.63) is 191 Å². The molecule has 0 amide bonds. The first-order valence-corrected chi connectivity index (χ1v) is 18.1. The molecule has 2 nitrogen and oxygen atoms in total. The van der Waals surface area contributed by atoms with Crippen LogP contribution in [0.3, 0.4) is 0 Å². The summed E-state index contributed by atoms with van der Waals surface area (Å²) in [5.74, 6) is 2.53. The lowest BCUT2D eigenvalue weighted by Gasteiger charge is -2.38. The Kier molecular flexibility index (Phi) is 6.47. The lowest BCUT2D eigenvalue weighted by atomic mass is 9.74. The molecule has 0 saturated carbocycles. The predicted molar refractivity (Wildman–Crippen MR) is 202 cm³/mol. The maximum absolute atomic E-state index is 6.75. The molecule has 0 radical (unpaired) electrons. The van der Waals surface area contributed by atoms with Crippen LogP contribution in [-0.4, -0.2) is 11.0 Å². The number of rotatable bonds is 4. The minimum atomic E-state index is -0.0397. The standard InChI is InChI=1S/C47H41NO/c1-47(2)40-18-8-7-16-38(40)46-41(47)19-10-20-42(46)48(33-24-21-32(22-25-33)36-17-9-13-30-11-3-5-14-35(30)36)34-26-27-39-44(29-34)49-43-28-23-31-12-4-6-15-37(31)45(39)43/h3-18,20-21,23-24,26-30,35,39,41,44H,19,22,25H2,1-2H3. The quantitative estimate of drug-likeness (QED) is 0.283. The van der Waals surface area contributed by atoms with Gasteiger partial charge in [-0.1, -0.05) is 129 Å². The molecule has 2 heteroatoms. The van der Waals surface area contributed by atoms with Crippen molar-refractivity contribution in [1.29, 1.82) is 0 Å². The Balaban J connectivity index is 1.10. The van der Waals surface area contributed by atoms with Gasteiger partial charge in [0.05, 0.1) is 0 Å². The fourth-order valence-corrected chi connectivity index (χ4v) is 9.72. The third kappa shape index (κ3) is 4.39. The van der Waals surface area contributed by atoms with Crippen molar-refractivity contribution in [2.75, 3.05) is 0 Å². The van der Waals surface area contributed by atoms with E-state index in [1.54, 1.807) is 0 Å². The minimum absolute atomic E-state index is 0.0397. The van der Waals surface area contributed by atoms with Crippen LogP contribution in [0.25, 0.3) is 16.3 Å². The van der Waals surface area contributed by atoms with Gasteiger partial charge in [-0.15, -0.1) is 0 Å². The van der Waals surface area contributed by atoms with Crippen molar-refractivity contribution in [3.8, 4) is 5.75 Å². The molecule has 1 heterocycles. The molecule has 6 aliphatic carbocycles. The molecular formula is C47H41NO. The summed E-state index contributed by atoms with van der Waals surface area (Å²) >= 11 is 0. The second kappa shape index (κ2) is 11.0. The molecule has 0 fully saturated rings. The van der Waals surface area contributed by atoms with Crippen molar-refractivity contribution in [2.24, 2.45) is 17.8 Å². The number of hydrogen-bond acceptors (Lipinski definition) is 2. The molecule has 0 aromatic heterocycles. The van der Waals surface area contributed by atoms with Gasteiger partial charge in [0.1, 0.15) is 11.9 Å². The molecule has 10 rings (SSSR count). The summed E-state index contributed by atoms with van der Waals surface area (Å²) in [5, 5.41) is 2.57. The van der Waals surface area contributed by atoms with E-state index in [0.29, 0.717) is 17.8 Å². The van der Waals surface area contributed by atoms with Gasteiger partial charge < -0.3 is 9.64 Å². The van der Waals surface area contributed by atoms with Crippen LogP contribution < -0.4 is 4.74 Å². The van der Waals surface area contributed by atoms with Gasteiger partial charge in [0.25, 0.3) is 0 Å². The van der Waals surface area contributed by atoms with Gasteiger partial charge in [0.15, 0.2) is 0 Å². The van der Waals surface area contributed by atoms with Gasteiger partial charge in [-0.3, -0.25) is 0 Å². The Morgan fingerprint density at radius 1 is 0.776 bits per heavy atom. The second-order valence-corrected chi connectivity index (χ2v) is 15.1. The summed E-state index contributed by atoms with van der Waals surface area (Å²) in [6.07, 6.45) is 35.9. The molecular weight excluding hydrogens is 595 g/mol. The smallest absolute Gasteiger partial charge is 0.130 e. The van der Waals surface area contributed by atoms with E-state index in [9.17, 15) is 0 Å². The molecule has 240 valence electrons. The highest BCUT2D eigenvalue weighted by atomic mass is 16.5. The maximum atomic E-state index is 6.75. The van der Waals surface area contributed by atoms with Crippen LogP contribution in [0.15, 0.2) is 174 Å². The summed E-state index contributed by atoms with van der Waals surface area (Å²) < 4.78 is 6.75. The van der Waals surface area contributed by atoms with E-state index in [-0.39, 0.29) is 17.4 Å². The molecule has 7 aliphatic rings. The summed E-state index contributed by atoms with van der Waals surface area (Å²) in [6, 6.07) is 22.2. The van der Waals surface area contributed by atoms with Crippen LogP contribution in [0.2, 0.25) is 0 Å². The average molecular weight is 636 g/mol. The first-order chi connectivity index (χ1) is 24.1. The number of allylic oxidation sites excluding steroid dienone is 16. The van der Waals surface area contributed by atoms with Crippen molar-refractivity contribution in [1.82, 2.24) is 4.90 Å². The Labute approximate surface area is 289 Å². The van der Waals surface area contributed by atoms with E-state index < -0.39 is 0 Å². The SMILES string of the molecule is CC1(C)c2ccccc2C2=C(N(C3=CC4Oc5ccc6ccccc6c5C4C=C3)C3=CC=C(C4=CC=CC5C=CC=CC45)CC3)C=CCC21. The molecule has 5 unspecified atom stereocenters. The van der Waals surface area contributed by atoms with Gasteiger partial charge in [0.2, 0.25) is 0 Å². The molecule has 1 aliphatic heterocycles. The van der Waals surface area contributed by atoms with E-state index in [0.717, 1.165) is 25.0 Å². The van der Waals surface area contributed by atoms with Gasteiger partial charge in [0, 0.05) is 40.4 Å².